The van der Waals surface area contributed by atoms with E-state index in [0.29, 0.717) is 6.54 Å². The molecule has 1 amide bonds. The summed E-state index contributed by atoms with van der Waals surface area (Å²) in [7, 11) is 0. The van der Waals surface area contributed by atoms with Crippen molar-refractivity contribution in [1.29, 1.82) is 0 Å². The molecule has 0 saturated heterocycles. The fourth-order valence-corrected chi connectivity index (χ4v) is 2.70. The van der Waals surface area contributed by atoms with Crippen LogP contribution in [0.15, 0.2) is 0 Å². The van der Waals surface area contributed by atoms with E-state index in [4.69, 9.17) is 0 Å². The Labute approximate surface area is 97.6 Å². The second-order valence-electron chi connectivity index (χ2n) is 6.10. The Kier molecular flexibility index (Phi) is 3.24. The molecule has 0 bridgehead atoms. The van der Waals surface area contributed by atoms with Gasteiger partial charge in [0.25, 0.3) is 0 Å². The van der Waals surface area contributed by atoms with Crippen molar-refractivity contribution in [3.63, 3.8) is 0 Å². The predicted octanol–water partition coefficient (Wildman–Crippen LogP) is 1.70. The van der Waals surface area contributed by atoms with Gasteiger partial charge in [0, 0.05) is 18.4 Å². The third kappa shape index (κ3) is 2.57. The first-order chi connectivity index (χ1) is 7.50. The third-order valence-electron chi connectivity index (χ3n) is 4.24. The molecule has 92 valence electrons. The van der Waals surface area contributed by atoms with Crippen LogP contribution in [-0.2, 0) is 4.79 Å². The lowest BCUT2D eigenvalue weighted by Crippen LogP contribution is -2.37. The lowest BCUT2D eigenvalue weighted by atomic mass is 9.86. The Bertz CT molecular complexity index is 275. The molecule has 2 rings (SSSR count). The first-order valence-corrected chi connectivity index (χ1v) is 6.46. The normalized spacial score (nSPS) is 36.8. The zero-order chi connectivity index (χ0) is 11.8. The second kappa shape index (κ2) is 4.36. The van der Waals surface area contributed by atoms with E-state index in [1.54, 1.807) is 0 Å². The highest BCUT2D eigenvalue weighted by Gasteiger charge is 2.50. The minimum Gasteiger partial charge on any atom is -0.393 e. The molecule has 0 aliphatic heterocycles. The first kappa shape index (κ1) is 11.9. The Morgan fingerprint density at radius 1 is 1.38 bits per heavy atom. The van der Waals surface area contributed by atoms with Gasteiger partial charge >= 0.3 is 0 Å². The van der Waals surface area contributed by atoms with Crippen molar-refractivity contribution in [2.24, 2.45) is 17.3 Å². The van der Waals surface area contributed by atoms with Gasteiger partial charge in [-0.15, -0.1) is 0 Å². The van der Waals surface area contributed by atoms with E-state index in [2.05, 4.69) is 19.2 Å². The third-order valence-corrected chi connectivity index (χ3v) is 4.24. The summed E-state index contributed by atoms with van der Waals surface area (Å²) in [5.74, 6) is 0.663. The molecule has 0 radical (unpaired) electrons. The first-order valence-electron chi connectivity index (χ1n) is 6.46. The van der Waals surface area contributed by atoms with Gasteiger partial charge in [0.05, 0.1) is 6.10 Å². The van der Waals surface area contributed by atoms with Crippen molar-refractivity contribution < 1.29 is 9.90 Å². The quantitative estimate of drug-likeness (QED) is 0.768. The standard InChI is InChI=1S/C13H23NO2/c1-13(2)7-10(13)12(16)14-8-9-5-3-4-6-11(9)15/h9-11,15H,3-8H2,1-2H3,(H,14,16). The second-order valence-corrected chi connectivity index (χ2v) is 6.10. The molecule has 3 unspecified atom stereocenters. The maximum absolute atomic E-state index is 11.8. The molecule has 3 heteroatoms. The number of nitrogens with one attached hydrogen (secondary N) is 1. The summed E-state index contributed by atoms with van der Waals surface area (Å²) >= 11 is 0. The van der Waals surface area contributed by atoms with Gasteiger partial charge in [-0.25, -0.2) is 0 Å². The molecule has 2 N–H and O–H groups in total. The maximum atomic E-state index is 11.8. The average molecular weight is 225 g/mol. The van der Waals surface area contributed by atoms with Crippen LogP contribution in [0.4, 0.5) is 0 Å². The number of carbonyl (C=O) groups excluding carboxylic acids is 1. The molecule has 0 aromatic heterocycles. The fourth-order valence-electron chi connectivity index (χ4n) is 2.70. The molecule has 0 aromatic rings. The van der Waals surface area contributed by atoms with Crippen molar-refractivity contribution in [2.75, 3.05) is 6.54 Å². The summed E-state index contributed by atoms with van der Waals surface area (Å²) in [6, 6.07) is 0. The van der Waals surface area contributed by atoms with Gasteiger partial charge in [-0.2, -0.15) is 0 Å². The Hall–Kier alpha value is -0.570. The van der Waals surface area contributed by atoms with E-state index in [-0.39, 0.29) is 29.3 Å². The van der Waals surface area contributed by atoms with Crippen molar-refractivity contribution in [3.8, 4) is 0 Å². The van der Waals surface area contributed by atoms with Crippen LogP contribution in [-0.4, -0.2) is 23.7 Å². The number of aliphatic hydroxyl groups is 1. The van der Waals surface area contributed by atoms with Crippen molar-refractivity contribution in [2.45, 2.75) is 52.1 Å². The molecule has 16 heavy (non-hydrogen) atoms. The summed E-state index contributed by atoms with van der Waals surface area (Å²) in [4.78, 5) is 11.8. The average Bonchev–Trinajstić information content (AvgIpc) is 2.86. The van der Waals surface area contributed by atoms with E-state index in [0.717, 1.165) is 25.7 Å². The van der Waals surface area contributed by atoms with Crippen molar-refractivity contribution >= 4 is 5.91 Å². The monoisotopic (exact) mass is 225 g/mol. The number of rotatable bonds is 3. The van der Waals surface area contributed by atoms with Crippen LogP contribution >= 0.6 is 0 Å². The molecule has 2 saturated carbocycles. The van der Waals surface area contributed by atoms with Crippen LogP contribution < -0.4 is 5.32 Å². The van der Waals surface area contributed by atoms with Gasteiger partial charge in [-0.05, 0) is 24.7 Å². The van der Waals surface area contributed by atoms with Crippen LogP contribution in [0, 0.1) is 17.3 Å². The summed E-state index contributed by atoms with van der Waals surface area (Å²) in [6.07, 6.45) is 5.06. The lowest BCUT2D eigenvalue weighted by molar-refractivity contribution is -0.123. The smallest absolute Gasteiger partial charge is 0.223 e. The molecule has 2 fully saturated rings. The largest absolute Gasteiger partial charge is 0.393 e. The number of amides is 1. The number of hydrogen-bond donors (Lipinski definition) is 2. The maximum Gasteiger partial charge on any atom is 0.223 e. The molecule has 0 spiro atoms. The van der Waals surface area contributed by atoms with E-state index >= 15 is 0 Å². The van der Waals surface area contributed by atoms with Gasteiger partial charge in [-0.3, -0.25) is 4.79 Å². The highest BCUT2D eigenvalue weighted by molar-refractivity contribution is 5.82. The molecular weight excluding hydrogens is 202 g/mol. The van der Waals surface area contributed by atoms with E-state index in [1.165, 1.54) is 6.42 Å². The Morgan fingerprint density at radius 2 is 2.00 bits per heavy atom. The molecule has 3 atom stereocenters. The van der Waals surface area contributed by atoms with Crippen LogP contribution in [0.25, 0.3) is 0 Å². The number of carbonyl (C=O) groups is 1. The van der Waals surface area contributed by atoms with Crippen LogP contribution in [0.1, 0.15) is 46.0 Å². The van der Waals surface area contributed by atoms with Gasteiger partial charge in [0.1, 0.15) is 0 Å². The van der Waals surface area contributed by atoms with E-state index < -0.39 is 0 Å². The van der Waals surface area contributed by atoms with E-state index in [1.807, 2.05) is 0 Å². The summed E-state index contributed by atoms with van der Waals surface area (Å²) < 4.78 is 0. The predicted molar refractivity (Wildman–Crippen MR) is 62.9 cm³/mol. The van der Waals surface area contributed by atoms with Gasteiger partial charge in [-0.1, -0.05) is 26.7 Å². The minimum absolute atomic E-state index is 0.183. The molecule has 0 aromatic carbocycles. The van der Waals surface area contributed by atoms with Crippen LogP contribution in [0.2, 0.25) is 0 Å². The summed E-state index contributed by atoms with van der Waals surface area (Å²) in [5.41, 5.74) is 0.204. The van der Waals surface area contributed by atoms with Crippen LogP contribution in [0.3, 0.4) is 0 Å². The minimum atomic E-state index is -0.207. The Balaban J connectivity index is 1.73. The summed E-state index contributed by atoms with van der Waals surface area (Å²) in [5, 5.41) is 12.8. The highest BCUT2D eigenvalue weighted by Crippen LogP contribution is 2.51. The Morgan fingerprint density at radius 3 is 2.56 bits per heavy atom. The van der Waals surface area contributed by atoms with Gasteiger partial charge in [0.2, 0.25) is 5.91 Å². The lowest BCUT2D eigenvalue weighted by Gasteiger charge is -2.27. The molecule has 2 aliphatic carbocycles. The SMILES string of the molecule is CC1(C)CC1C(=O)NCC1CCCCC1O. The number of aliphatic hydroxyl groups excluding tert-OH is 1. The highest BCUT2D eigenvalue weighted by atomic mass is 16.3. The van der Waals surface area contributed by atoms with E-state index in [9.17, 15) is 9.90 Å². The number of hydrogen-bond acceptors (Lipinski definition) is 2. The van der Waals surface area contributed by atoms with Crippen molar-refractivity contribution in [1.82, 2.24) is 5.32 Å². The fraction of sp³-hybridized carbons (Fsp3) is 0.923. The van der Waals surface area contributed by atoms with Crippen LogP contribution in [0.5, 0.6) is 0 Å². The molecular formula is C13H23NO2. The van der Waals surface area contributed by atoms with Crippen molar-refractivity contribution in [3.05, 3.63) is 0 Å². The topological polar surface area (TPSA) is 49.3 Å². The molecule has 3 nitrogen and oxygen atoms in total. The zero-order valence-corrected chi connectivity index (χ0v) is 10.3. The molecule has 2 aliphatic rings. The van der Waals surface area contributed by atoms with Gasteiger partial charge < -0.3 is 10.4 Å². The zero-order valence-electron chi connectivity index (χ0n) is 10.3. The summed E-state index contributed by atoms with van der Waals surface area (Å²) in [6.45, 7) is 4.92. The van der Waals surface area contributed by atoms with Gasteiger partial charge in [0.15, 0.2) is 0 Å². The molecule has 0 heterocycles.